The number of hydrogen-bond donors (Lipinski definition) is 1. The highest BCUT2D eigenvalue weighted by Gasteiger charge is 2.27. The van der Waals surface area contributed by atoms with E-state index in [9.17, 15) is 4.79 Å². The number of nitrogens with zero attached hydrogens (tertiary/aromatic N) is 1. The first-order valence-electron chi connectivity index (χ1n) is 12.8. The maximum absolute atomic E-state index is 13.4. The van der Waals surface area contributed by atoms with Gasteiger partial charge in [0.25, 0.3) is 5.91 Å². The number of rotatable bonds is 7. The van der Waals surface area contributed by atoms with E-state index >= 15 is 0 Å². The number of fused-ring (bicyclic) bond motifs is 1. The second kappa shape index (κ2) is 12.3. The van der Waals surface area contributed by atoms with Gasteiger partial charge in [-0.15, -0.1) is 11.3 Å². The molecule has 1 fully saturated rings. The highest BCUT2D eigenvalue weighted by Crippen LogP contribution is 2.40. The summed E-state index contributed by atoms with van der Waals surface area (Å²) in [5.41, 5.74) is 3.79. The smallest absolute Gasteiger partial charge is 0.254 e. The SMILES string of the molecule is O=C(NC1CCCCC1)c1c(N=Cc2ccc(OCc3ccc(Cl)cc3Cl)c(Br)c2)sc2c1CCCC2. The van der Waals surface area contributed by atoms with Gasteiger partial charge < -0.3 is 10.1 Å². The second-order valence-corrected chi connectivity index (χ2v) is 12.5. The summed E-state index contributed by atoms with van der Waals surface area (Å²) >= 11 is 17.5. The molecule has 1 amide bonds. The molecule has 2 aliphatic rings. The van der Waals surface area contributed by atoms with Gasteiger partial charge in [0, 0.05) is 32.7 Å². The zero-order valence-corrected chi connectivity index (χ0v) is 24.4. The fourth-order valence-electron chi connectivity index (χ4n) is 5.02. The van der Waals surface area contributed by atoms with Crippen LogP contribution in [0.15, 0.2) is 45.9 Å². The van der Waals surface area contributed by atoms with Crippen LogP contribution < -0.4 is 10.1 Å². The van der Waals surface area contributed by atoms with E-state index in [1.54, 1.807) is 23.5 Å². The minimum atomic E-state index is 0.0456. The van der Waals surface area contributed by atoms with E-state index in [-0.39, 0.29) is 11.9 Å². The number of aliphatic imine (C=N–C) groups is 1. The molecule has 8 heteroatoms. The Kier molecular flexibility index (Phi) is 8.91. The van der Waals surface area contributed by atoms with Gasteiger partial charge in [-0.05, 0) is 95.9 Å². The van der Waals surface area contributed by atoms with E-state index < -0.39 is 0 Å². The minimum Gasteiger partial charge on any atom is -0.488 e. The van der Waals surface area contributed by atoms with Crippen LogP contribution in [0.1, 0.15) is 76.9 Å². The van der Waals surface area contributed by atoms with Crippen molar-refractivity contribution in [1.29, 1.82) is 0 Å². The Bertz CT molecular complexity index is 1320. The number of ether oxygens (including phenoxy) is 1. The van der Waals surface area contributed by atoms with Gasteiger partial charge in [-0.1, -0.05) is 48.5 Å². The molecule has 5 rings (SSSR count). The molecule has 1 N–H and O–H groups in total. The molecule has 194 valence electrons. The largest absolute Gasteiger partial charge is 0.488 e. The van der Waals surface area contributed by atoms with E-state index in [0.717, 1.165) is 58.3 Å². The Hall–Kier alpha value is -1.86. The van der Waals surface area contributed by atoms with E-state index in [1.165, 1.54) is 36.1 Å². The minimum absolute atomic E-state index is 0.0456. The zero-order valence-electron chi connectivity index (χ0n) is 20.5. The van der Waals surface area contributed by atoms with Gasteiger partial charge in [0.2, 0.25) is 0 Å². The number of halogens is 3. The molecule has 4 nitrogen and oxygen atoms in total. The summed E-state index contributed by atoms with van der Waals surface area (Å²) in [6, 6.07) is 11.5. The number of hydrogen-bond acceptors (Lipinski definition) is 4. The van der Waals surface area contributed by atoms with Crippen LogP contribution in [0.4, 0.5) is 5.00 Å². The number of benzene rings is 2. The highest BCUT2D eigenvalue weighted by molar-refractivity contribution is 9.10. The van der Waals surface area contributed by atoms with Crippen LogP contribution in [0.25, 0.3) is 0 Å². The monoisotopic (exact) mass is 618 g/mol. The molecule has 0 bridgehead atoms. The molecule has 0 spiro atoms. The van der Waals surface area contributed by atoms with Crippen molar-refractivity contribution in [2.75, 3.05) is 0 Å². The number of aryl methyl sites for hydroxylation is 1. The van der Waals surface area contributed by atoms with Crippen LogP contribution in [0.3, 0.4) is 0 Å². The molecule has 3 aromatic rings. The molecule has 0 atom stereocenters. The van der Waals surface area contributed by atoms with Gasteiger partial charge in [-0.25, -0.2) is 4.99 Å². The molecule has 1 heterocycles. The van der Waals surface area contributed by atoms with Gasteiger partial charge in [0.1, 0.15) is 17.4 Å². The summed E-state index contributed by atoms with van der Waals surface area (Å²) in [6.45, 7) is 0.336. The van der Waals surface area contributed by atoms with E-state index in [2.05, 4.69) is 21.2 Å². The van der Waals surface area contributed by atoms with Crippen molar-refractivity contribution in [3.8, 4) is 5.75 Å². The van der Waals surface area contributed by atoms with Crippen LogP contribution >= 0.6 is 50.5 Å². The molecule has 37 heavy (non-hydrogen) atoms. The Morgan fingerprint density at radius 1 is 1.08 bits per heavy atom. The fourth-order valence-corrected chi connectivity index (χ4v) is 7.23. The Labute approximate surface area is 240 Å². The third-order valence-corrected chi connectivity index (χ3v) is 9.41. The van der Waals surface area contributed by atoms with Crippen molar-refractivity contribution < 1.29 is 9.53 Å². The van der Waals surface area contributed by atoms with Crippen molar-refractivity contribution in [3.05, 3.63) is 78.0 Å². The Morgan fingerprint density at radius 3 is 2.68 bits per heavy atom. The van der Waals surface area contributed by atoms with Crippen LogP contribution in [-0.4, -0.2) is 18.2 Å². The molecule has 0 unspecified atom stereocenters. The molecular formula is C29H29BrCl2N2O2S. The molecule has 1 saturated carbocycles. The lowest BCUT2D eigenvalue weighted by Gasteiger charge is -2.23. The quantitative estimate of drug-likeness (QED) is 0.268. The molecular weight excluding hydrogens is 591 g/mol. The van der Waals surface area contributed by atoms with E-state index in [1.807, 2.05) is 30.5 Å². The predicted octanol–water partition coefficient (Wildman–Crippen LogP) is 9.09. The summed E-state index contributed by atoms with van der Waals surface area (Å²) in [6.07, 6.45) is 11.9. The predicted molar refractivity (Wildman–Crippen MR) is 157 cm³/mol. The maximum Gasteiger partial charge on any atom is 0.254 e. The van der Waals surface area contributed by atoms with Gasteiger partial charge >= 0.3 is 0 Å². The Morgan fingerprint density at radius 2 is 1.89 bits per heavy atom. The average Bonchev–Trinajstić information content (AvgIpc) is 3.27. The van der Waals surface area contributed by atoms with Crippen molar-refractivity contribution in [2.24, 2.45) is 4.99 Å². The number of amides is 1. The Balaban J connectivity index is 1.32. The van der Waals surface area contributed by atoms with Crippen LogP contribution in [0.2, 0.25) is 10.0 Å². The normalized spacial score (nSPS) is 16.1. The average molecular weight is 620 g/mol. The first-order valence-corrected chi connectivity index (χ1v) is 15.2. The highest BCUT2D eigenvalue weighted by atomic mass is 79.9. The summed E-state index contributed by atoms with van der Waals surface area (Å²) in [5, 5.41) is 5.30. The summed E-state index contributed by atoms with van der Waals surface area (Å²) < 4.78 is 6.79. The first-order chi connectivity index (χ1) is 18.0. The molecule has 0 saturated heterocycles. The van der Waals surface area contributed by atoms with Crippen molar-refractivity contribution >= 4 is 67.6 Å². The lowest BCUT2D eigenvalue weighted by atomic mass is 9.93. The van der Waals surface area contributed by atoms with Crippen LogP contribution in [0.5, 0.6) is 5.75 Å². The summed E-state index contributed by atoms with van der Waals surface area (Å²) in [7, 11) is 0. The number of carbonyl (C=O) groups is 1. The second-order valence-electron chi connectivity index (χ2n) is 9.67. The molecule has 0 radical (unpaired) electrons. The molecule has 2 aromatic carbocycles. The van der Waals surface area contributed by atoms with Crippen molar-refractivity contribution in [1.82, 2.24) is 5.32 Å². The van der Waals surface area contributed by atoms with Gasteiger partial charge in [0.05, 0.1) is 10.0 Å². The third-order valence-electron chi connectivity index (χ3n) is 7.01. The number of nitrogens with one attached hydrogen (secondary N) is 1. The lowest BCUT2D eigenvalue weighted by Crippen LogP contribution is -2.36. The summed E-state index contributed by atoms with van der Waals surface area (Å²) in [4.78, 5) is 19.5. The molecule has 0 aliphatic heterocycles. The zero-order chi connectivity index (χ0) is 25.8. The lowest BCUT2D eigenvalue weighted by molar-refractivity contribution is 0.0927. The molecule has 1 aromatic heterocycles. The van der Waals surface area contributed by atoms with Gasteiger partial charge in [-0.3, -0.25) is 4.79 Å². The van der Waals surface area contributed by atoms with Crippen LogP contribution in [0, 0.1) is 0 Å². The van der Waals surface area contributed by atoms with Gasteiger partial charge in [-0.2, -0.15) is 0 Å². The van der Waals surface area contributed by atoms with Crippen molar-refractivity contribution in [3.63, 3.8) is 0 Å². The van der Waals surface area contributed by atoms with E-state index in [4.69, 9.17) is 32.9 Å². The number of thiophene rings is 1. The number of carbonyl (C=O) groups excluding carboxylic acids is 1. The fraction of sp³-hybridized carbons (Fsp3) is 0.379. The van der Waals surface area contributed by atoms with Crippen molar-refractivity contribution in [2.45, 2.75) is 70.4 Å². The first kappa shape index (κ1) is 26.7. The maximum atomic E-state index is 13.4. The standard InChI is InChI=1S/C29H29BrCl2N2O2S/c30-23-14-18(10-13-25(23)36-17-19-11-12-20(31)15-24(19)32)16-33-29-27(22-8-4-5-9-26(22)37-29)28(35)34-21-6-2-1-3-7-21/h10-16,21H,1-9,17H2,(H,34,35). The topological polar surface area (TPSA) is 50.7 Å². The molecule has 2 aliphatic carbocycles. The van der Waals surface area contributed by atoms with E-state index in [0.29, 0.717) is 22.4 Å². The van der Waals surface area contributed by atoms with Crippen LogP contribution in [-0.2, 0) is 19.4 Å². The summed E-state index contributed by atoms with van der Waals surface area (Å²) in [5.74, 6) is 0.756. The van der Waals surface area contributed by atoms with Gasteiger partial charge in [0.15, 0.2) is 0 Å². The third kappa shape index (κ3) is 6.59.